The van der Waals surface area contributed by atoms with Gasteiger partial charge in [0, 0.05) is 42.6 Å². The molecule has 1 saturated carbocycles. The van der Waals surface area contributed by atoms with Crippen LogP contribution in [-0.4, -0.2) is 37.2 Å². The first-order chi connectivity index (χ1) is 16.6. The number of hydrogen-bond acceptors (Lipinski definition) is 5. The number of oxazole rings is 1. The van der Waals surface area contributed by atoms with Crippen molar-refractivity contribution in [2.45, 2.75) is 25.7 Å². The fourth-order valence-electron chi connectivity index (χ4n) is 5.90. The zero-order valence-corrected chi connectivity index (χ0v) is 22.1. The molecule has 1 N–H and O–H groups in total. The molecular weight excluding hydrogens is 558 g/mol. The maximum atomic E-state index is 5.50. The Labute approximate surface area is 211 Å². The van der Waals surface area contributed by atoms with Crippen LogP contribution in [0.5, 0.6) is 0 Å². The standard InChI is InChI=1S/C25H24IN6OP/c1-14-3-5-19-17(10-29-32(19)34-26)21(14)23-22(15-4-6-20-18(7-15)28-13-33-20)30-24(31(23)2)16-8-25(9-16)11-27-12-25/h3-7,10,13,16,27,34H,8-9,11-12H2,1-2H3. The molecule has 2 fully saturated rings. The Balaban J connectivity index is 1.46. The molecule has 3 aromatic heterocycles. The molecule has 7 nitrogen and oxygen atoms in total. The van der Waals surface area contributed by atoms with Crippen molar-refractivity contribution in [1.29, 1.82) is 0 Å². The minimum atomic E-state index is 0.494. The lowest BCUT2D eigenvalue weighted by Gasteiger charge is -2.54. The van der Waals surface area contributed by atoms with Crippen molar-refractivity contribution in [2.75, 3.05) is 13.1 Å². The van der Waals surface area contributed by atoms with Gasteiger partial charge in [-0.25, -0.2) is 14.4 Å². The summed E-state index contributed by atoms with van der Waals surface area (Å²) in [6.45, 7) is 4.48. The molecule has 1 unspecified atom stereocenters. The van der Waals surface area contributed by atoms with Gasteiger partial charge in [-0.05, 0) is 77.1 Å². The molecule has 5 aromatic rings. The van der Waals surface area contributed by atoms with Crippen molar-refractivity contribution in [3.63, 3.8) is 0 Å². The fraction of sp³-hybridized carbons (Fsp3) is 0.320. The lowest BCUT2D eigenvalue weighted by Crippen LogP contribution is -2.59. The predicted octanol–water partition coefficient (Wildman–Crippen LogP) is 5.81. The molecule has 1 spiro atoms. The summed E-state index contributed by atoms with van der Waals surface area (Å²) < 4.78 is 9.92. The minimum absolute atomic E-state index is 0.494. The van der Waals surface area contributed by atoms with Crippen LogP contribution in [0.15, 0.2) is 47.3 Å². The third-order valence-corrected chi connectivity index (χ3v) is 9.62. The van der Waals surface area contributed by atoms with E-state index in [1.807, 2.05) is 12.3 Å². The number of fused-ring (bicyclic) bond motifs is 2. The summed E-state index contributed by atoms with van der Waals surface area (Å²) in [5, 5.41) is 9.31. The van der Waals surface area contributed by atoms with Gasteiger partial charge >= 0.3 is 0 Å². The largest absolute Gasteiger partial charge is 0.443 e. The highest BCUT2D eigenvalue weighted by molar-refractivity contribution is 14.2. The van der Waals surface area contributed by atoms with Gasteiger partial charge in [0.15, 0.2) is 12.0 Å². The number of halogens is 1. The Bertz CT molecular complexity index is 1570. The number of aromatic nitrogens is 5. The number of hydrogen-bond donors (Lipinski definition) is 1. The number of imidazole rings is 1. The Morgan fingerprint density at radius 1 is 1.21 bits per heavy atom. The Hall–Kier alpha value is -2.29. The van der Waals surface area contributed by atoms with E-state index in [-0.39, 0.29) is 0 Å². The van der Waals surface area contributed by atoms with Gasteiger partial charge in [0.2, 0.25) is 0 Å². The molecule has 4 heterocycles. The lowest BCUT2D eigenvalue weighted by molar-refractivity contribution is 0.0321. The molecule has 1 aliphatic heterocycles. The Kier molecular flexibility index (Phi) is 4.70. The molecule has 0 bridgehead atoms. The molecule has 0 radical (unpaired) electrons. The van der Waals surface area contributed by atoms with E-state index < -0.39 is 0 Å². The van der Waals surface area contributed by atoms with Crippen LogP contribution in [0.1, 0.15) is 30.1 Å². The minimum Gasteiger partial charge on any atom is -0.443 e. The second-order valence-electron chi connectivity index (χ2n) is 9.80. The molecule has 2 aliphatic rings. The maximum Gasteiger partial charge on any atom is 0.181 e. The fourth-order valence-corrected chi connectivity index (χ4v) is 7.44. The summed E-state index contributed by atoms with van der Waals surface area (Å²) in [5.74, 6) is 1.68. The van der Waals surface area contributed by atoms with Crippen molar-refractivity contribution in [2.24, 2.45) is 12.5 Å². The number of nitrogens with zero attached hydrogens (tertiary/aromatic N) is 5. The quantitative estimate of drug-likeness (QED) is 0.214. The van der Waals surface area contributed by atoms with Crippen molar-refractivity contribution in [3.05, 3.63) is 54.3 Å². The number of nitrogens with one attached hydrogen (secondary N) is 1. The van der Waals surface area contributed by atoms with Gasteiger partial charge in [0.25, 0.3) is 0 Å². The summed E-state index contributed by atoms with van der Waals surface area (Å²) in [4.78, 5) is 9.72. The summed E-state index contributed by atoms with van der Waals surface area (Å²) in [7, 11) is 2.18. The van der Waals surface area contributed by atoms with E-state index in [9.17, 15) is 0 Å². The van der Waals surface area contributed by atoms with Crippen LogP contribution in [0.2, 0.25) is 0 Å². The van der Waals surface area contributed by atoms with E-state index in [0.717, 1.165) is 46.7 Å². The van der Waals surface area contributed by atoms with E-state index in [1.54, 1.807) is 0 Å². The second-order valence-corrected chi connectivity index (χ2v) is 11.8. The molecule has 9 heteroatoms. The molecular formula is C25H24IN6OP. The number of rotatable bonds is 4. The average molecular weight is 582 g/mol. The van der Waals surface area contributed by atoms with Gasteiger partial charge in [0.1, 0.15) is 11.3 Å². The second kappa shape index (κ2) is 7.60. The topological polar surface area (TPSA) is 73.7 Å². The normalized spacial score (nSPS) is 17.9. The number of benzene rings is 2. The molecule has 1 atom stereocenters. The van der Waals surface area contributed by atoms with Gasteiger partial charge in [-0.2, -0.15) is 5.10 Å². The van der Waals surface area contributed by atoms with Crippen LogP contribution in [0.4, 0.5) is 0 Å². The highest BCUT2D eigenvalue weighted by Crippen LogP contribution is 2.54. The first-order valence-corrected chi connectivity index (χ1v) is 15.6. The van der Waals surface area contributed by atoms with Gasteiger partial charge in [-0.15, -0.1) is 0 Å². The first kappa shape index (κ1) is 21.0. The van der Waals surface area contributed by atoms with E-state index >= 15 is 0 Å². The van der Waals surface area contributed by atoms with E-state index in [2.05, 4.69) is 84.7 Å². The molecule has 2 aromatic carbocycles. The van der Waals surface area contributed by atoms with E-state index in [1.165, 1.54) is 41.6 Å². The van der Waals surface area contributed by atoms with Crippen LogP contribution in [0, 0.1) is 12.3 Å². The molecule has 1 aliphatic carbocycles. The summed E-state index contributed by atoms with van der Waals surface area (Å²) in [5.41, 5.74) is 8.99. The molecule has 7 rings (SSSR count). The Morgan fingerprint density at radius 2 is 2.06 bits per heavy atom. The van der Waals surface area contributed by atoms with Crippen LogP contribution in [0.25, 0.3) is 44.5 Å². The van der Waals surface area contributed by atoms with Crippen LogP contribution < -0.4 is 5.32 Å². The Morgan fingerprint density at radius 3 is 2.82 bits per heavy atom. The summed E-state index contributed by atoms with van der Waals surface area (Å²) in [6, 6.07) is 10.6. The summed E-state index contributed by atoms with van der Waals surface area (Å²) in [6.07, 6.45) is 6.50. The zero-order valence-electron chi connectivity index (χ0n) is 19.0. The van der Waals surface area contributed by atoms with Gasteiger partial charge < -0.3 is 14.3 Å². The number of aryl methyl sites for hydroxylation is 1. The van der Waals surface area contributed by atoms with E-state index in [4.69, 9.17) is 9.40 Å². The van der Waals surface area contributed by atoms with Crippen LogP contribution in [-0.2, 0) is 7.05 Å². The molecule has 1 saturated heterocycles. The van der Waals surface area contributed by atoms with Gasteiger partial charge in [-0.3, -0.25) is 0 Å². The lowest BCUT2D eigenvalue weighted by atomic mass is 9.58. The van der Waals surface area contributed by atoms with Crippen molar-refractivity contribution in [1.82, 2.24) is 29.4 Å². The summed E-state index contributed by atoms with van der Waals surface area (Å²) >= 11 is 2.39. The third kappa shape index (κ3) is 2.98. The van der Waals surface area contributed by atoms with Crippen molar-refractivity contribution >= 4 is 50.4 Å². The van der Waals surface area contributed by atoms with Crippen LogP contribution in [0.3, 0.4) is 0 Å². The van der Waals surface area contributed by atoms with Gasteiger partial charge in [0.05, 0.1) is 29.5 Å². The molecule has 0 amide bonds. The van der Waals surface area contributed by atoms with E-state index in [0.29, 0.717) is 17.7 Å². The monoisotopic (exact) mass is 582 g/mol. The smallest absolute Gasteiger partial charge is 0.181 e. The van der Waals surface area contributed by atoms with Crippen molar-refractivity contribution in [3.8, 4) is 22.5 Å². The average Bonchev–Trinajstić information content (AvgIpc) is 3.49. The zero-order chi connectivity index (χ0) is 23.0. The van der Waals surface area contributed by atoms with Gasteiger partial charge in [-0.1, -0.05) is 6.07 Å². The third-order valence-electron chi connectivity index (χ3n) is 7.74. The highest BCUT2D eigenvalue weighted by Gasteiger charge is 2.50. The first-order valence-electron chi connectivity index (χ1n) is 11.5. The SMILES string of the molecule is Cc1ccc2c(cnn2PI)c1-c1c(-c2ccc3ocnc3c2)nc(C2CC3(CNC3)C2)n1C. The predicted molar refractivity (Wildman–Crippen MR) is 145 cm³/mol. The highest BCUT2D eigenvalue weighted by atomic mass is 127. The van der Waals surface area contributed by atoms with Crippen molar-refractivity contribution < 1.29 is 4.42 Å². The molecule has 34 heavy (non-hydrogen) atoms. The molecule has 172 valence electrons. The maximum absolute atomic E-state index is 5.50. The van der Waals surface area contributed by atoms with Crippen LogP contribution >= 0.6 is 28.4 Å².